The van der Waals surface area contributed by atoms with Crippen molar-refractivity contribution in [3.63, 3.8) is 0 Å². The highest BCUT2D eigenvalue weighted by Gasteiger charge is 2.19. The molecule has 0 spiro atoms. The summed E-state index contributed by atoms with van der Waals surface area (Å²) >= 11 is 0. The highest BCUT2D eigenvalue weighted by atomic mass is 16.4. The van der Waals surface area contributed by atoms with Crippen LogP contribution in [0.25, 0.3) is 17.2 Å². The maximum atomic E-state index is 12.6. The molecule has 0 bridgehead atoms. The van der Waals surface area contributed by atoms with Gasteiger partial charge >= 0.3 is 5.97 Å². The lowest BCUT2D eigenvalue weighted by Crippen LogP contribution is -2.27. The molecule has 0 radical (unpaired) electrons. The first-order chi connectivity index (χ1) is 11.5. The summed E-state index contributed by atoms with van der Waals surface area (Å²) < 4.78 is 2.91. The number of carbonyl (C=O) groups is 1. The molecule has 0 aliphatic heterocycles. The predicted octanol–water partition coefficient (Wildman–Crippen LogP) is 1.68. The Kier molecular flexibility index (Phi) is 3.99. The van der Waals surface area contributed by atoms with E-state index in [-0.39, 0.29) is 12.0 Å². The number of hydrogen-bond acceptors (Lipinski definition) is 4. The molecule has 0 fully saturated rings. The number of hydrogen-bond donors (Lipinski definition) is 1. The number of aromatic nitrogens is 4. The van der Waals surface area contributed by atoms with Crippen LogP contribution >= 0.6 is 0 Å². The lowest BCUT2D eigenvalue weighted by atomic mass is 10.1. The van der Waals surface area contributed by atoms with Crippen molar-refractivity contribution in [2.24, 2.45) is 0 Å². The molecule has 3 rings (SSSR count). The Morgan fingerprint density at radius 1 is 1.33 bits per heavy atom. The van der Waals surface area contributed by atoms with Crippen molar-refractivity contribution in [1.82, 2.24) is 19.2 Å². The van der Waals surface area contributed by atoms with E-state index in [1.165, 1.54) is 0 Å². The number of aliphatic carboxylic acids is 1. The summed E-state index contributed by atoms with van der Waals surface area (Å²) in [4.78, 5) is 28.2. The van der Waals surface area contributed by atoms with Gasteiger partial charge in [0.05, 0.1) is 6.42 Å². The van der Waals surface area contributed by atoms with E-state index >= 15 is 0 Å². The van der Waals surface area contributed by atoms with Crippen LogP contribution in [-0.4, -0.2) is 30.2 Å². The quantitative estimate of drug-likeness (QED) is 0.721. The molecule has 2 heterocycles. The van der Waals surface area contributed by atoms with Gasteiger partial charge in [0.25, 0.3) is 5.56 Å². The molecule has 0 atom stereocenters. The first kappa shape index (κ1) is 15.7. The Labute approximate surface area is 137 Å². The number of allylic oxidation sites excluding steroid dienone is 1. The fourth-order valence-electron chi connectivity index (χ4n) is 2.62. The lowest BCUT2D eigenvalue weighted by Gasteiger charge is -2.12. The van der Waals surface area contributed by atoms with Gasteiger partial charge in [-0.3, -0.25) is 9.59 Å². The molecule has 0 saturated carbocycles. The van der Waals surface area contributed by atoms with E-state index < -0.39 is 11.5 Å². The zero-order chi connectivity index (χ0) is 17.3. The van der Waals surface area contributed by atoms with Crippen molar-refractivity contribution < 1.29 is 9.90 Å². The standard InChI is InChI=1S/C17H16N4O3/c1-3-9-20-11(2)13(10-14(22)23)16(24)21-17(20)18-15(19-21)12-7-5-4-6-8-12/h3-8H,1,9-10H2,2H3,(H,22,23). The minimum absolute atomic E-state index is 0.196. The molecule has 0 saturated heterocycles. The Morgan fingerprint density at radius 3 is 2.67 bits per heavy atom. The van der Waals surface area contributed by atoms with Crippen molar-refractivity contribution in [3.05, 3.63) is 64.6 Å². The molecule has 0 unspecified atom stereocenters. The molecule has 0 aliphatic rings. The van der Waals surface area contributed by atoms with Crippen molar-refractivity contribution in [3.8, 4) is 11.4 Å². The van der Waals surface area contributed by atoms with Crippen LogP contribution in [0.15, 0.2) is 47.8 Å². The number of benzene rings is 1. The SMILES string of the molecule is C=CCn1c(C)c(CC(=O)O)c(=O)n2nc(-c3ccccc3)nc12. The number of rotatable bonds is 5. The van der Waals surface area contributed by atoms with Crippen LogP contribution in [0.2, 0.25) is 0 Å². The molecule has 24 heavy (non-hydrogen) atoms. The molecule has 0 aliphatic carbocycles. The summed E-state index contributed by atoms with van der Waals surface area (Å²) in [6.45, 7) is 5.82. The first-order valence-corrected chi connectivity index (χ1v) is 7.40. The number of carboxylic acids is 1. The third-order valence-electron chi connectivity index (χ3n) is 3.80. The topological polar surface area (TPSA) is 89.5 Å². The van der Waals surface area contributed by atoms with Crippen LogP contribution in [0, 0.1) is 6.92 Å². The zero-order valence-electron chi connectivity index (χ0n) is 13.1. The Balaban J connectivity index is 2.32. The van der Waals surface area contributed by atoms with Crippen molar-refractivity contribution in [2.45, 2.75) is 19.9 Å². The van der Waals surface area contributed by atoms with Crippen LogP contribution in [-0.2, 0) is 17.8 Å². The van der Waals surface area contributed by atoms with Gasteiger partial charge < -0.3 is 9.67 Å². The number of carboxylic acid groups (broad SMARTS) is 1. The number of nitrogens with zero attached hydrogens (tertiary/aromatic N) is 4. The molecule has 7 nitrogen and oxygen atoms in total. The minimum Gasteiger partial charge on any atom is -0.481 e. The lowest BCUT2D eigenvalue weighted by molar-refractivity contribution is -0.136. The molecular weight excluding hydrogens is 308 g/mol. The van der Waals surface area contributed by atoms with Gasteiger partial charge in [-0.2, -0.15) is 9.50 Å². The van der Waals surface area contributed by atoms with Gasteiger partial charge in [-0.15, -0.1) is 11.7 Å². The van der Waals surface area contributed by atoms with Crippen molar-refractivity contribution in [2.75, 3.05) is 0 Å². The van der Waals surface area contributed by atoms with E-state index in [2.05, 4.69) is 16.7 Å². The Morgan fingerprint density at radius 2 is 2.04 bits per heavy atom. The van der Waals surface area contributed by atoms with Crippen LogP contribution in [0.4, 0.5) is 0 Å². The van der Waals surface area contributed by atoms with Gasteiger partial charge in [-0.05, 0) is 6.92 Å². The van der Waals surface area contributed by atoms with Gasteiger partial charge in [0.15, 0.2) is 5.82 Å². The van der Waals surface area contributed by atoms with Gasteiger partial charge in [0.2, 0.25) is 5.78 Å². The third-order valence-corrected chi connectivity index (χ3v) is 3.80. The minimum atomic E-state index is -1.07. The van der Waals surface area contributed by atoms with Gasteiger partial charge in [-0.25, -0.2) is 0 Å². The smallest absolute Gasteiger partial charge is 0.308 e. The van der Waals surface area contributed by atoms with E-state index in [1.807, 2.05) is 30.3 Å². The molecule has 3 aromatic rings. The average Bonchev–Trinajstić information content (AvgIpc) is 3.01. The molecule has 1 aromatic carbocycles. The number of fused-ring (bicyclic) bond motifs is 1. The van der Waals surface area contributed by atoms with Crippen LogP contribution in [0.3, 0.4) is 0 Å². The second-order valence-electron chi connectivity index (χ2n) is 5.35. The second kappa shape index (κ2) is 6.11. The molecule has 122 valence electrons. The molecule has 7 heteroatoms. The summed E-state index contributed by atoms with van der Waals surface area (Å²) in [7, 11) is 0. The van der Waals surface area contributed by atoms with E-state index in [0.29, 0.717) is 23.8 Å². The van der Waals surface area contributed by atoms with Crippen LogP contribution in [0.1, 0.15) is 11.3 Å². The summed E-state index contributed by atoms with van der Waals surface area (Å²) in [5.74, 6) is -0.286. The molecule has 1 N–H and O–H groups in total. The van der Waals surface area contributed by atoms with Crippen LogP contribution in [0.5, 0.6) is 0 Å². The molecule has 0 amide bonds. The summed E-state index contributed by atoms with van der Waals surface area (Å²) in [5.41, 5.74) is 1.08. The zero-order valence-corrected chi connectivity index (χ0v) is 13.1. The average molecular weight is 324 g/mol. The van der Waals surface area contributed by atoms with Gasteiger partial charge in [-0.1, -0.05) is 36.4 Å². The fourth-order valence-corrected chi connectivity index (χ4v) is 2.62. The van der Waals surface area contributed by atoms with E-state index in [9.17, 15) is 9.59 Å². The predicted molar refractivity (Wildman–Crippen MR) is 89.0 cm³/mol. The van der Waals surface area contributed by atoms with Crippen LogP contribution < -0.4 is 5.56 Å². The normalized spacial score (nSPS) is 10.9. The van der Waals surface area contributed by atoms with Gasteiger partial charge in [0.1, 0.15) is 0 Å². The largest absolute Gasteiger partial charge is 0.481 e. The summed E-state index contributed by atoms with van der Waals surface area (Å²) in [5, 5.41) is 13.4. The summed E-state index contributed by atoms with van der Waals surface area (Å²) in [6, 6.07) is 9.30. The highest BCUT2D eigenvalue weighted by Crippen LogP contribution is 2.17. The maximum Gasteiger partial charge on any atom is 0.308 e. The second-order valence-corrected chi connectivity index (χ2v) is 5.35. The molecule has 2 aromatic heterocycles. The van der Waals surface area contributed by atoms with Gasteiger partial charge in [0, 0.05) is 23.4 Å². The summed E-state index contributed by atoms with van der Waals surface area (Å²) in [6.07, 6.45) is 1.30. The monoisotopic (exact) mass is 324 g/mol. The highest BCUT2D eigenvalue weighted by molar-refractivity contribution is 5.70. The van der Waals surface area contributed by atoms with Crippen molar-refractivity contribution >= 4 is 11.7 Å². The molecular formula is C17H16N4O3. The fraction of sp³-hybridized carbons (Fsp3) is 0.176. The van der Waals surface area contributed by atoms with E-state index in [0.717, 1.165) is 10.1 Å². The van der Waals surface area contributed by atoms with E-state index in [1.54, 1.807) is 17.6 Å². The Bertz CT molecular complexity index is 986. The van der Waals surface area contributed by atoms with Crippen molar-refractivity contribution in [1.29, 1.82) is 0 Å². The first-order valence-electron chi connectivity index (χ1n) is 7.40. The third kappa shape index (κ3) is 2.60. The Hall–Kier alpha value is -3.22. The van der Waals surface area contributed by atoms with E-state index in [4.69, 9.17) is 5.11 Å². The maximum absolute atomic E-state index is 12.6.